The van der Waals surface area contributed by atoms with Gasteiger partial charge in [0.25, 0.3) is 0 Å². The van der Waals surface area contributed by atoms with Crippen molar-refractivity contribution < 1.29 is 9.59 Å². The van der Waals surface area contributed by atoms with Crippen LogP contribution in [0.2, 0.25) is 0 Å². The number of hydrogen-bond donors (Lipinski definition) is 0. The van der Waals surface area contributed by atoms with Crippen LogP contribution < -0.4 is 0 Å². The van der Waals surface area contributed by atoms with Gasteiger partial charge < -0.3 is 14.7 Å². The van der Waals surface area contributed by atoms with Gasteiger partial charge in [-0.3, -0.25) is 4.79 Å². The average molecular weight is 340 g/mol. The van der Waals surface area contributed by atoms with E-state index < -0.39 is 0 Å². The fourth-order valence-electron chi connectivity index (χ4n) is 4.30. The highest BCUT2D eigenvalue weighted by Crippen LogP contribution is 2.32. The molecule has 0 radical (unpaired) electrons. The number of carbonyl (C=O) groups excluding carboxylic acids is 2. The molecule has 0 bridgehead atoms. The van der Waals surface area contributed by atoms with Crippen molar-refractivity contribution in [1.29, 1.82) is 0 Å². The maximum atomic E-state index is 12.6. The second-order valence-corrected chi connectivity index (χ2v) is 8.00. The van der Waals surface area contributed by atoms with E-state index in [-0.39, 0.29) is 6.03 Å². The lowest BCUT2D eigenvalue weighted by atomic mass is 9.83. The molecule has 3 aliphatic rings. The lowest BCUT2D eigenvalue weighted by molar-refractivity contribution is -0.140. The van der Waals surface area contributed by atoms with Crippen LogP contribution in [0.5, 0.6) is 0 Å². The predicted octanol–water partition coefficient (Wildman–Crippen LogP) is 2.27. The highest BCUT2D eigenvalue weighted by molar-refractivity contribution is 7.98. The summed E-state index contributed by atoms with van der Waals surface area (Å²) >= 11 is 1.84. The summed E-state index contributed by atoms with van der Waals surface area (Å²) in [5.74, 6) is 1.91. The number of piperidine rings is 2. The number of amides is 3. The van der Waals surface area contributed by atoms with Gasteiger partial charge in [-0.05, 0) is 50.0 Å². The molecular formula is C17H29N3O2S. The van der Waals surface area contributed by atoms with Crippen LogP contribution in [0, 0.1) is 5.92 Å². The van der Waals surface area contributed by atoms with Crippen molar-refractivity contribution in [1.82, 2.24) is 14.7 Å². The van der Waals surface area contributed by atoms with Gasteiger partial charge in [-0.15, -0.1) is 0 Å². The first kappa shape index (κ1) is 16.9. The summed E-state index contributed by atoms with van der Waals surface area (Å²) in [5, 5.41) is 0. The minimum atomic E-state index is 0.229. The Labute approximate surface area is 143 Å². The SMILES string of the molecule is CSCCCN1C(=O)CC[C@H]2CN(C(=O)N3CCCC3)CC[C@H]21. The van der Waals surface area contributed by atoms with Crippen molar-refractivity contribution in [3.63, 3.8) is 0 Å². The third-order valence-corrected chi connectivity index (χ3v) is 6.24. The number of hydrogen-bond acceptors (Lipinski definition) is 3. The van der Waals surface area contributed by atoms with Gasteiger partial charge in [0.05, 0.1) is 0 Å². The van der Waals surface area contributed by atoms with Crippen LogP contribution >= 0.6 is 11.8 Å². The van der Waals surface area contributed by atoms with Crippen LogP contribution in [0.4, 0.5) is 4.79 Å². The molecule has 2 atom stereocenters. The lowest BCUT2D eigenvalue weighted by Crippen LogP contribution is -2.58. The summed E-state index contributed by atoms with van der Waals surface area (Å²) < 4.78 is 0. The number of rotatable bonds is 4. The zero-order chi connectivity index (χ0) is 16.2. The number of thioether (sulfide) groups is 1. The van der Waals surface area contributed by atoms with Gasteiger partial charge in [-0.2, -0.15) is 11.8 Å². The quantitative estimate of drug-likeness (QED) is 0.738. The second kappa shape index (κ2) is 7.77. The molecular weight excluding hydrogens is 310 g/mol. The molecule has 23 heavy (non-hydrogen) atoms. The minimum absolute atomic E-state index is 0.229. The molecule has 130 valence electrons. The minimum Gasteiger partial charge on any atom is -0.339 e. The number of urea groups is 1. The Morgan fingerprint density at radius 1 is 1.17 bits per heavy atom. The van der Waals surface area contributed by atoms with E-state index in [0.717, 1.165) is 70.6 Å². The van der Waals surface area contributed by atoms with Gasteiger partial charge in [0.1, 0.15) is 0 Å². The Balaban J connectivity index is 1.58. The number of carbonyl (C=O) groups is 2. The van der Waals surface area contributed by atoms with Crippen LogP contribution in [0.15, 0.2) is 0 Å². The summed E-state index contributed by atoms with van der Waals surface area (Å²) in [7, 11) is 0. The molecule has 3 amide bonds. The van der Waals surface area contributed by atoms with Crippen LogP contribution in [0.1, 0.15) is 38.5 Å². The first-order valence-electron chi connectivity index (χ1n) is 9.03. The molecule has 0 aromatic carbocycles. The molecule has 5 nitrogen and oxygen atoms in total. The Bertz CT molecular complexity index is 440. The van der Waals surface area contributed by atoms with Gasteiger partial charge in [-0.1, -0.05) is 0 Å². The molecule has 3 aliphatic heterocycles. The van der Waals surface area contributed by atoms with E-state index >= 15 is 0 Å². The van der Waals surface area contributed by atoms with E-state index in [1.54, 1.807) is 0 Å². The van der Waals surface area contributed by atoms with E-state index in [0.29, 0.717) is 24.3 Å². The number of fused-ring (bicyclic) bond motifs is 1. The van der Waals surface area contributed by atoms with Crippen molar-refractivity contribution in [2.45, 2.75) is 44.6 Å². The van der Waals surface area contributed by atoms with Crippen molar-refractivity contribution in [3.8, 4) is 0 Å². The average Bonchev–Trinajstić information content (AvgIpc) is 3.10. The van der Waals surface area contributed by atoms with Crippen LogP contribution in [0.25, 0.3) is 0 Å². The van der Waals surface area contributed by atoms with Crippen molar-refractivity contribution >= 4 is 23.7 Å². The Morgan fingerprint density at radius 3 is 2.70 bits per heavy atom. The van der Waals surface area contributed by atoms with Crippen molar-refractivity contribution in [2.24, 2.45) is 5.92 Å². The molecule has 0 unspecified atom stereocenters. The molecule has 6 heteroatoms. The topological polar surface area (TPSA) is 43.9 Å². The Kier molecular flexibility index (Phi) is 5.72. The molecule has 0 aromatic heterocycles. The third-order valence-electron chi connectivity index (χ3n) is 5.54. The largest absolute Gasteiger partial charge is 0.339 e. The fraction of sp³-hybridized carbons (Fsp3) is 0.882. The number of nitrogens with zero attached hydrogens (tertiary/aromatic N) is 3. The lowest BCUT2D eigenvalue weighted by Gasteiger charge is -2.47. The monoisotopic (exact) mass is 339 g/mol. The summed E-state index contributed by atoms with van der Waals surface area (Å²) in [6.07, 6.45) is 8.04. The van der Waals surface area contributed by atoms with Gasteiger partial charge in [0, 0.05) is 45.2 Å². The highest BCUT2D eigenvalue weighted by atomic mass is 32.2. The molecule has 0 aromatic rings. The van der Waals surface area contributed by atoms with Gasteiger partial charge >= 0.3 is 6.03 Å². The van der Waals surface area contributed by atoms with E-state index in [1.165, 1.54) is 0 Å². The summed E-state index contributed by atoms with van der Waals surface area (Å²) in [6, 6.07) is 0.590. The summed E-state index contributed by atoms with van der Waals surface area (Å²) in [5.41, 5.74) is 0. The standard InChI is InChI=1S/C17H29N3O2S/c1-23-12-4-10-20-15-7-11-19(13-14(15)5-6-16(20)21)17(22)18-8-2-3-9-18/h14-15H,2-13H2,1H3/t14-,15+/m0/s1. The Morgan fingerprint density at radius 2 is 1.96 bits per heavy atom. The maximum Gasteiger partial charge on any atom is 0.320 e. The molecule has 0 spiro atoms. The molecule has 3 heterocycles. The zero-order valence-corrected chi connectivity index (χ0v) is 15.0. The van der Waals surface area contributed by atoms with Crippen molar-refractivity contribution in [2.75, 3.05) is 44.7 Å². The van der Waals surface area contributed by atoms with Crippen LogP contribution in [0.3, 0.4) is 0 Å². The molecule has 0 saturated carbocycles. The van der Waals surface area contributed by atoms with Crippen molar-refractivity contribution in [3.05, 3.63) is 0 Å². The number of likely N-dealkylation sites (tertiary alicyclic amines) is 3. The smallest absolute Gasteiger partial charge is 0.320 e. The second-order valence-electron chi connectivity index (χ2n) is 7.01. The highest BCUT2D eigenvalue weighted by Gasteiger charge is 2.40. The predicted molar refractivity (Wildman–Crippen MR) is 93.6 cm³/mol. The van der Waals surface area contributed by atoms with E-state index in [9.17, 15) is 9.59 Å². The van der Waals surface area contributed by atoms with E-state index in [1.807, 2.05) is 21.6 Å². The maximum absolute atomic E-state index is 12.6. The molecule has 3 saturated heterocycles. The molecule has 3 rings (SSSR count). The van der Waals surface area contributed by atoms with Gasteiger partial charge in [0.15, 0.2) is 0 Å². The van der Waals surface area contributed by atoms with Crippen LogP contribution in [-0.2, 0) is 4.79 Å². The third kappa shape index (κ3) is 3.78. The van der Waals surface area contributed by atoms with Gasteiger partial charge in [0.2, 0.25) is 5.91 Å². The normalized spacial score (nSPS) is 28.2. The molecule has 3 fully saturated rings. The van der Waals surface area contributed by atoms with Gasteiger partial charge in [-0.25, -0.2) is 4.79 Å². The van der Waals surface area contributed by atoms with E-state index in [2.05, 4.69) is 11.2 Å². The first-order chi connectivity index (χ1) is 11.2. The summed E-state index contributed by atoms with van der Waals surface area (Å²) in [6.45, 7) is 4.38. The Hall–Kier alpha value is -0.910. The summed E-state index contributed by atoms with van der Waals surface area (Å²) in [4.78, 5) is 31.1. The van der Waals surface area contributed by atoms with E-state index in [4.69, 9.17) is 0 Å². The molecule has 0 aliphatic carbocycles. The fourth-order valence-corrected chi connectivity index (χ4v) is 4.72. The van der Waals surface area contributed by atoms with Crippen LogP contribution in [-0.4, -0.2) is 77.4 Å². The first-order valence-corrected chi connectivity index (χ1v) is 10.4. The molecule has 0 N–H and O–H groups in total. The zero-order valence-electron chi connectivity index (χ0n) is 14.2.